The van der Waals surface area contributed by atoms with Crippen LogP contribution in [0.2, 0.25) is 0 Å². The van der Waals surface area contributed by atoms with Crippen LogP contribution in [0.25, 0.3) is 0 Å². The lowest BCUT2D eigenvalue weighted by Gasteiger charge is -2.26. The number of carboxylic acids is 1. The van der Waals surface area contributed by atoms with Gasteiger partial charge in [0.15, 0.2) is 11.5 Å². The number of aromatic hydroxyl groups is 1. The number of methoxy groups -OCH3 is 1. The van der Waals surface area contributed by atoms with Gasteiger partial charge in [-0.15, -0.1) is 0 Å². The first kappa shape index (κ1) is 13.3. The molecule has 1 atom stereocenters. The van der Waals surface area contributed by atoms with E-state index in [0.717, 1.165) is 0 Å². The minimum atomic E-state index is -1.20. The Hall–Kier alpha value is -1.75. The van der Waals surface area contributed by atoms with E-state index in [4.69, 9.17) is 4.74 Å². The van der Waals surface area contributed by atoms with Gasteiger partial charge in [0.1, 0.15) is 5.54 Å². The number of nitrogens with one attached hydrogen (secondary N) is 1. The summed E-state index contributed by atoms with van der Waals surface area (Å²) in [7, 11) is 1.42. The van der Waals surface area contributed by atoms with Crippen LogP contribution >= 0.6 is 0 Å². The van der Waals surface area contributed by atoms with E-state index in [1.54, 1.807) is 13.0 Å². The predicted octanol–water partition coefficient (Wildman–Crippen LogP) is 1.31. The largest absolute Gasteiger partial charge is 0.504 e. The van der Waals surface area contributed by atoms with Gasteiger partial charge in [-0.3, -0.25) is 5.32 Å². The number of hydrogen-bond acceptors (Lipinski definition) is 4. The highest BCUT2D eigenvalue weighted by Gasteiger charge is 2.34. The first-order valence-corrected chi connectivity index (χ1v) is 5.31. The molecule has 0 aromatic heterocycles. The molecule has 1 aromatic rings. The molecule has 0 fully saturated rings. The fourth-order valence-corrected chi connectivity index (χ4v) is 1.64. The maximum Gasteiger partial charge on any atom is 0.328 e. The number of phenolic OH excluding ortho intramolecular Hbond substituents is 1. The fourth-order valence-electron chi connectivity index (χ4n) is 1.64. The molecule has 0 amide bonds. The van der Waals surface area contributed by atoms with E-state index in [0.29, 0.717) is 12.1 Å². The molecule has 1 unspecified atom stereocenters. The van der Waals surface area contributed by atoms with Crippen molar-refractivity contribution in [1.82, 2.24) is 5.32 Å². The minimum absolute atomic E-state index is 0.0134. The van der Waals surface area contributed by atoms with Crippen LogP contribution < -0.4 is 10.1 Å². The average Bonchev–Trinajstić information content (AvgIpc) is 2.29. The van der Waals surface area contributed by atoms with E-state index >= 15 is 0 Å². The van der Waals surface area contributed by atoms with Crippen molar-refractivity contribution in [2.75, 3.05) is 13.7 Å². The summed E-state index contributed by atoms with van der Waals surface area (Å²) in [6.07, 6.45) is 0. The third-order valence-corrected chi connectivity index (χ3v) is 2.72. The topological polar surface area (TPSA) is 78.8 Å². The number of benzene rings is 1. The first-order chi connectivity index (χ1) is 7.95. The maximum atomic E-state index is 11.3. The number of phenols is 1. The lowest BCUT2D eigenvalue weighted by Crippen LogP contribution is -2.46. The zero-order valence-corrected chi connectivity index (χ0v) is 10.2. The monoisotopic (exact) mass is 239 g/mol. The number of aliphatic carboxylic acids is 1. The van der Waals surface area contributed by atoms with Gasteiger partial charge in [-0.1, -0.05) is 13.0 Å². The van der Waals surface area contributed by atoms with E-state index in [2.05, 4.69) is 5.32 Å². The molecule has 0 heterocycles. The molecular weight excluding hydrogens is 222 g/mol. The molecule has 0 radical (unpaired) electrons. The molecule has 0 bridgehead atoms. The standard InChI is InChI=1S/C12H17NO4/c1-4-13-12(2,11(15)16)8-5-6-9(14)10(7-8)17-3/h5-7,13-14H,4H2,1-3H3,(H,15,16). The SMILES string of the molecule is CCNC(C)(C(=O)O)c1ccc(O)c(OC)c1. The smallest absolute Gasteiger partial charge is 0.328 e. The average molecular weight is 239 g/mol. The first-order valence-electron chi connectivity index (χ1n) is 5.31. The van der Waals surface area contributed by atoms with Gasteiger partial charge in [-0.2, -0.15) is 0 Å². The second-order valence-electron chi connectivity index (χ2n) is 3.85. The van der Waals surface area contributed by atoms with E-state index in [-0.39, 0.29) is 11.5 Å². The van der Waals surface area contributed by atoms with Crippen LogP contribution in [-0.2, 0) is 10.3 Å². The number of likely N-dealkylation sites (N-methyl/N-ethyl adjacent to an activating group) is 1. The Morgan fingerprint density at radius 2 is 2.18 bits per heavy atom. The van der Waals surface area contributed by atoms with Crippen molar-refractivity contribution in [3.05, 3.63) is 23.8 Å². The summed E-state index contributed by atoms with van der Waals surface area (Å²) in [5.41, 5.74) is -0.670. The van der Waals surface area contributed by atoms with Crippen molar-refractivity contribution >= 4 is 5.97 Å². The summed E-state index contributed by atoms with van der Waals surface area (Å²) in [6, 6.07) is 4.51. The Kier molecular flexibility index (Phi) is 3.96. The molecule has 0 aliphatic rings. The van der Waals surface area contributed by atoms with Gasteiger partial charge in [0, 0.05) is 0 Å². The summed E-state index contributed by atoms with van der Waals surface area (Å²) in [6.45, 7) is 3.93. The highest BCUT2D eigenvalue weighted by atomic mass is 16.5. The van der Waals surface area contributed by atoms with Crippen LogP contribution in [0.3, 0.4) is 0 Å². The molecule has 3 N–H and O–H groups in total. The zero-order valence-electron chi connectivity index (χ0n) is 10.2. The Balaban J connectivity index is 3.24. The predicted molar refractivity (Wildman–Crippen MR) is 63.3 cm³/mol. The van der Waals surface area contributed by atoms with Crippen LogP contribution in [-0.4, -0.2) is 29.8 Å². The third kappa shape index (κ3) is 2.50. The Morgan fingerprint density at radius 3 is 2.65 bits per heavy atom. The van der Waals surface area contributed by atoms with Crippen LogP contribution in [0.4, 0.5) is 0 Å². The maximum absolute atomic E-state index is 11.3. The quantitative estimate of drug-likeness (QED) is 0.722. The Morgan fingerprint density at radius 1 is 1.53 bits per heavy atom. The second kappa shape index (κ2) is 5.05. The van der Waals surface area contributed by atoms with Crippen molar-refractivity contribution in [3.63, 3.8) is 0 Å². The minimum Gasteiger partial charge on any atom is -0.504 e. The third-order valence-electron chi connectivity index (χ3n) is 2.72. The van der Waals surface area contributed by atoms with Crippen molar-refractivity contribution in [2.24, 2.45) is 0 Å². The summed E-state index contributed by atoms with van der Waals surface area (Å²) in [5, 5.41) is 21.7. The Labute approximate surface area is 100 Å². The molecule has 5 nitrogen and oxygen atoms in total. The van der Waals surface area contributed by atoms with Gasteiger partial charge in [0.25, 0.3) is 0 Å². The summed E-state index contributed by atoms with van der Waals surface area (Å²) < 4.78 is 4.97. The number of carbonyl (C=O) groups is 1. The normalized spacial score (nSPS) is 14.1. The number of hydrogen-bond donors (Lipinski definition) is 3. The van der Waals surface area contributed by atoms with Crippen LogP contribution in [0.5, 0.6) is 11.5 Å². The van der Waals surface area contributed by atoms with Crippen LogP contribution in [0, 0.1) is 0 Å². The molecule has 0 spiro atoms. The number of rotatable bonds is 5. The fraction of sp³-hybridized carbons (Fsp3) is 0.417. The molecule has 1 aromatic carbocycles. The molecule has 0 aliphatic carbocycles. The molecule has 0 saturated heterocycles. The van der Waals surface area contributed by atoms with E-state index in [1.807, 2.05) is 6.92 Å². The Bertz CT molecular complexity index is 419. The number of ether oxygens (including phenoxy) is 1. The molecule has 0 aliphatic heterocycles. The lowest BCUT2D eigenvalue weighted by molar-refractivity contribution is -0.144. The molecule has 17 heavy (non-hydrogen) atoms. The highest BCUT2D eigenvalue weighted by Crippen LogP contribution is 2.31. The molecule has 94 valence electrons. The summed E-state index contributed by atoms with van der Waals surface area (Å²) in [5.74, 6) is -0.736. The van der Waals surface area contributed by atoms with Gasteiger partial charge in [-0.05, 0) is 31.2 Å². The lowest BCUT2D eigenvalue weighted by atomic mass is 9.91. The second-order valence-corrected chi connectivity index (χ2v) is 3.85. The van der Waals surface area contributed by atoms with Crippen LogP contribution in [0.15, 0.2) is 18.2 Å². The number of carboxylic acid groups (broad SMARTS) is 1. The van der Waals surface area contributed by atoms with Gasteiger partial charge in [-0.25, -0.2) is 4.79 Å². The summed E-state index contributed by atoms with van der Waals surface area (Å²) >= 11 is 0. The van der Waals surface area contributed by atoms with Crippen LogP contribution in [0.1, 0.15) is 19.4 Å². The van der Waals surface area contributed by atoms with Gasteiger partial charge in [0.2, 0.25) is 0 Å². The highest BCUT2D eigenvalue weighted by molar-refractivity contribution is 5.80. The molecular formula is C12H17NO4. The molecule has 1 rings (SSSR count). The van der Waals surface area contributed by atoms with Crippen molar-refractivity contribution in [2.45, 2.75) is 19.4 Å². The van der Waals surface area contributed by atoms with E-state index < -0.39 is 11.5 Å². The van der Waals surface area contributed by atoms with Gasteiger partial charge >= 0.3 is 5.97 Å². The van der Waals surface area contributed by atoms with E-state index in [9.17, 15) is 15.0 Å². The van der Waals surface area contributed by atoms with Gasteiger partial charge in [0.05, 0.1) is 7.11 Å². The van der Waals surface area contributed by atoms with E-state index in [1.165, 1.54) is 19.2 Å². The summed E-state index contributed by atoms with van der Waals surface area (Å²) in [4.78, 5) is 11.3. The molecule has 5 heteroatoms. The van der Waals surface area contributed by atoms with Crippen molar-refractivity contribution in [3.8, 4) is 11.5 Å². The van der Waals surface area contributed by atoms with Crippen molar-refractivity contribution in [1.29, 1.82) is 0 Å². The zero-order chi connectivity index (χ0) is 13.1. The van der Waals surface area contributed by atoms with Crippen molar-refractivity contribution < 1.29 is 19.7 Å². The van der Waals surface area contributed by atoms with Gasteiger partial charge < -0.3 is 14.9 Å². The molecule has 0 saturated carbocycles.